The summed E-state index contributed by atoms with van der Waals surface area (Å²) < 4.78 is 18.5. The molecule has 2 rings (SSSR count). The average molecular weight is 302 g/mol. The van der Waals surface area contributed by atoms with Crippen LogP contribution in [0.25, 0.3) is 0 Å². The number of carbonyl (C=O) groups is 1. The Morgan fingerprint density at radius 3 is 2.77 bits per heavy atom. The number of ether oxygens (including phenoxy) is 1. The Hall–Kier alpha value is -2.40. The molecule has 116 valence electrons. The second-order valence-electron chi connectivity index (χ2n) is 4.81. The summed E-state index contributed by atoms with van der Waals surface area (Å²) in [6.07, 6.45) is 0.782. The van der Waals surface area contributed by atoms with E-state index >= 15 is 0 Å². The smallest absolute Gasteiger partial charge is 0.238 e. The number of rotatable bonds is 7. The van der Waals surface area contributed by atoms with Crippen LogP contribution in [0.15, 0.2) is 48.5 Å². The zero-order valence-corrected chi connectivity index (χ0v) is 12.4. The second-order valence-corrected chi connectivity index (χ2v) is 4.81. The summed E-state index contributed by atoms with van der Waals surface area (Å²) in [6.45, 7) is 0.788. The lowest BCUT2D eigenvalue weighted by Gasteiger charge is -2.08. The van der Waals surface area contributed by atoms with E-state index in [1.165, 1.54) is 12.1 Å². The van der Waals surface area contributed by atoms with E-state index < -0.39 is 5.82 Å². The normalized spacial score (nSPS) is 10.3. The lowest BCUT2D eigenvalue weighted by atomic mass is 10.1. The monoisotopic (exact) mass is 302 g/mol. The third kappa shape index (κ3) is 4.86. The first-order valence-corrected chi connectivity index (χ1v) is 7.07. The average Bonchev–Trinajstić information content (AvgIpc) is 2.54. The van der Waals surface area contributed by atoms with Gasteiger partial charge in [0.05, 0.1) is 19.3 Å². The van der Waals surface area contributed by atoms with Crippen molar-refractivity contribution in [1.82, 2.24) is 5.32 Å². The molecule has 0 aromatic heterocycles. The Bertz CT molecular complexity index is 632. The highest BCUT2D eigenvalue weighted by molar-refractivity contribution is 5.92. The van der Waals surface area contributed by atoms with Crippen LogP contribution in [0.4, 0.5) is 10.1 Å². The van der Waals surface area contributed by atoms with Gasteiger partial charge in [-0.3, -0.25) is 4.79 Å². The number of nitrogens with one attached hydrogen (secondary N) is 2. The molecule has 1 amide bonds. The fourth-order valence-electron chi connectivity index (χ4n) is 2.02. The largest absolute Gasteiger partial charge is 0.497 e. The first-order chi connectivity index (χ1) is 10.7. The Kier molecular flexibility index (Phi) is 5.91. The Labute approximate surface area is 129 Å². The second kappa shape index (κ2) is 8.14. The first-order valence-electron chi connectivity index (χ1n) is 7.07. The van der Waals surface area contributed by atoms with E-state index in [2.05, 4.69) is 10.6 Å². The SMILES string of the molecule is COc1cccc(CCNCC(=O)Nc2ccccc2F)c1. The molecule has 0 saturated heterocycles. The van der Waals surface area contributed by atoms with Crippen LogP contribution in [0.5, 0.6) is 5.75 Å². The molecule has 0 aliphatic heterocycles. The molecule has 0 aliphatic rings. The van der Waals surface area contributed by atoms with Gasteiger partial charge in [0.25, 0.3) is 0 Å². The van der Waals surface area contributed by atoms with Crippen LogP contribution in [0, 0.1) is 5.82 Å². The van der Waals surface area contributed by atoms with Gasteiger partial charge in [-0.05, 0) is 42.8 Å². The minimum atomic E-state index is -0.438. The summed E-state index contributed by atoms with van der Waals surface area (Å²) in [5, 5.41) is 5.57. The van der Waals surface area contributed by atoms with Crippen molar-refractivity contribution in [2.75, 3.05) is 25.5 Å². The molecule has 2 aromatic rings. The van der Waals surface area contributed by atoms with E-state index in [4.69, 9.17) is 4.74 Å². The summed E-state index contributed by atoms with van der Waals surface area (Å²) in [7, 11) is 1.63. The van der Waals surface area contributed by atoms with Gasteiger partial charge in [-0.2, -0.15) is 0 Å². The van der Waals surface area contributed by atoms with Crippen molar-refractivity contribution in [2.45, 2.75) is 6.42 Å². The van der Waals surface area contributed by atoms with E-state index in [-0.39, 0.29) is 18.1 Å². The summed E-state index contributed by atoms with van der Waals surface area (Å²) in [5.41, 5.74) is 1.32. The van der Waals surface area contributed by atoms with Crippen LogP contribution in [0.2, 0.25) is 0 Å². The third-order valence-electron chi connectivity index (χ3n) is 3.16. The summed E-state index contributed by atoms with van der Waals surface area (Å²) in [6, 6.07) is 13.9. The summed E-state index contributed by atoms with van der Waals surface area (Å²) in [5.74, 6) is 0.109. The van der Waals surface area contributed by atoms with E-state index in [0.29, 0.717) is 6.54 Å². The van der Waals surface area contributed by atoms with Crippen molar-refractivity contribution >= 4 is 11.6 Å². The third-order valence-corrected chi connectivity index (χ3v) is 3.16. The topological polar surface area (TPSA) is 50.4 Å². The van der Waals surface area contributed by atoms with Crippen molar-refractivity contribution in [3.8, 4) is 5.75 Å². The molecule has 2 N–H and O–H groups in total. The van der Waals surface area contributed by atoms with Crippen LogP contribution in [-0.2, 0) is 11.2 Å². The van der Waals surface area contributed by atoms with Gasteiger partial charge in [-0.25, -0.2) is 4.39 Å². The molecule has 4 nitrogen and oxygen atoms in total. The van der Waals surface area contributed by atoms with Crippen LogP contribution in [0.1, 0.15) is 5.56 Å². The maximum atomic E-state index is 13.4. The van der Waals surface area contributed by atoms with Gasteiger partial charge in [0.2, 0.25) is 5.91 Å². The fourth-order valence-corrected chi connectivity index (χ4v) is 2.02. The van der Waals surface area contributed by atoms with E-state index in [9.17, 15) is 9.18 Å². The zero-order chi connectivity index (χ0) is 15.8. The molecule has 5 heteroatoms. The molecule has 0 fully saturated rings. The Morgan fingerprint density at radius 2 is 2.00 bits per heavy atom. The molecule has 0 spiro atoms. The minimum Gasteiger partial charge on any atom is -0.497 e. The first kappa shape index (κ1) is 16.0. The Balaban J connectivity index is 1.72. The van der Waals surface area contributed by atoms with E-state index in [1.54, 1.807) is 19.2 Å². The quantitative estimate of drug-likeness (QED) is 0.773. The lowest BCUT2D eigenvalue weighted by Crippen LogP contribution is -2.29. The molecule has 0 radical (unpaired) electrons. The predicted molar refractivity (Wildman–Crippen MR) is 84.6 cm³/mol. The van der Waals surface area contributed by atoms with Gasteiger partial charge in [0, 0.05) is 0 Å². The highest BCUT2D eigenvalue weighted by Crippen LogP contribution is 2.13. The number of amides is 1. The van der Waals surface area contributed by atoms with E-state index in [1.807, 2.05) is 24.3 Å². The zero-order valence-electron chi connectivity index (χ0n) is 12.4. The lowest BCUT2D eigenvalue weighted by molar-refractivity contribution is -0.115. The van der Waals surface area contributed by atoms with Crippen molar-refractivity contribution in [3.63, 3.8) is 0 Å². The number of methoxy groups -OCH3 is 1. The number of anilines is 1. The molecule has 0 heterocycles. The van der Waals surface area contributed by atoms with Crippen LogP contribution >= 0.6 is 0 Å². The highest BCUT2D eigenvalue weighted by atomic mass is 19.1. The molecule has 22 heavy (non-hydrogen) atoms. The van der Waals surface area contributed by atoms with Crippen LogP contribution < -0.4 is 15.4 Å². The molecule has 0 aliphatic carbocycles. The standard InChI is InChI=1S/C17H19FN2O2/c1-22-14-6-4-5-13(11-14)9-10-19-12-17(21)20-16-8-3-2-7-15(16)18/h2-8,11,19H,9-10,12H2,1H3,(H,20,21). The van der Waals surface area contributed by atoms with E-state index in [0.717, 1.165) is 17.7 Å². The number of carbonyl (C=O) groups excluding carboxylic acids is 1. The number of para-hydroxylation sites is 1. The maximum absolute atomic E-state index is 13.4. The molecular weight excluding hydrogens is 283 g/mol. The molecule has 0 unspecified atom stereocenters. The van der Waals surface area contributed by atoms with Crippen molar-refractivity contribution < 1.29 is 13.9 Å². The number of halogens is 1. The Morgan fingerprint density at radius 1 is 1.18 bits per heavy atom. The summed E-state index contributed by atoms with van der Waals surface area (Å²) >= 11 is 0. The van der Waals surface area contributed by atoms with Crippen molar-refractivity contribution in [3.05, 3.63) is 59.9 Å². The maximum Gasteiger partial charge on any atom is 0.238 e. The molecule has 0 bridgehead atoms. The number of benzene rings is 2. The molecule has 2 aromatic carbocycles. The predicted octanol–water partition coefficient (Wildman–Crippen LogP) is 2.61. The van der Waals surface area contributed by atoms with Crippen LogP contribution in [0.3, 0.4) is 0 Å². The molecule has 0 saturated carbocycles. The fraction of sp³-hybridized carbons (Fsp3) is 0.235. The summed E-state index contributed by atoms with van der Waals surface area (Å²) in [4.78, 5) is 11.7. The molecule has 0 atom stereocenters. The van der Waals surface area contributed by atoms with Gasteiger partial charge < -0.3 is 15.4 Å². The number of hydrogen-bond acceptors (Lipinski definition) is 3. The van der Waals surface area contributed by atoms with Gasteiger partial charge in [0.15, 0.2) is 0 Å². The minimum absolute atomic E-state index is 0.137. The van der Waals surface area contributed by atoms with Crippen molar-refractivity contribution in [1.29, 1.82) is 0 Å². The molecular formula is C17H19FN2O2. The van der Waals surface area contributed by atoms with Crippen molar-refractivity contribution in [2.24, 2.45) is 0 Å². The van der Waals surface area contributed by atoms with Crippen LogP contribution in [-0.4, -0.2) is 26.1 Å². The van der Waals surface area contributed by atoms with Gasteiger partial charge in [0.1, 0.15) is 11.6 Å². The van der Waals surface area contributed by atoms with Gasteiger partial charge >= 0.3 is 0 Å². The van der Waals surface area contributed by atoms with Gasteiger partial charge in [-0.15, -0.1) is 0 Å². The number of hydrogen-bond donors (Lipinski definition) is 2. The van der Waals surface area contributed by atoms with Gasteiger partial charge in [-0.1, -0.05) is 24.3 Å². The highest BCUT2D eigenvalue weighted by Gasteiger charge is 2.05.